The zero-order chi connectivity index (χ0) is 22.5. The lowest BCUT2D eigenvalue weighted by Gasteiger charge is -2.35. The summed E-state index contributed by atoms with van der Waals surface area (Å²) in [6.45, 7) is -1.07. The molecule has 1 aliphatic carbocycles. The maximum atomic E-state index is 12.9. The van der Waals surface area contributed by atoms with E-state index < -0.39 is 45.8 Å². The number of carboxylic acids is 1. The van der Waals surface area contributed by atoms with Crippen molar-refractivity contribution in [2.75, 3.05) is 20.3 Å². The van der Waals surface area contributed by atoms with Gasteiger partial charge in [-0.15, -0.1) is 0 Å². The molecule has 0 fully saturated rings. The number of carbonyl (C=O) groups is 1. The largest absolute Gasteiger partial charge is 0.480 e. The molecule has 0 aliphatic heterocycles. The van der Waals surface area contributed by atoms with Gasteiger partial charge < -0.3 is 14.6 Å². The molecule has 0 aromatic heterocycles. The zero-order valence-corrected chi connectivity index (χ0v) is 16.2. The average molecular weight is 449 g/mol. The minimum atomic E-state index is -4.65. The molecule has 0 radical (unpaired) electrons. The average Bonchev–Trinajstić information content (AvgIpc) is 2.65. The molecule has 1 aliphatic rings. The van der Waals surface area contributed by atoms with Crippen LogP contribution >= 0.6 is 11.6 Å². The number of nitrogens with zero attached hydrogens (tertiary/aromatic N) is 2. The van der Waals surface area contributed by atoms with Gasteiger partial charge in [-0.05, 0) is 30.4 Å². The highest BCUT2D eigenvalue weighted by Crippen LogP contribution is 2.38. The number of ether oxygens (including phenoxy) is 2. The summed E-state index contributed by atoms with van der Waals surface area (Å²) in [5.41, 5.74) is -3.16. The Morgan fingerprint density at radius 2 is 2.10 bits per heavy atom. The van der Waals surface area contributed by atoms with Crippen LogP contribution in [0.5, 0.6) is 5.75 Å². The Hall–Kier alpha value is -2.92. The van der Waals surface area contributed by atoms with Crippen LogP contribution in [-0.2, 0) is 15.7 Å². The number of hydrogen-bond acceptors (Lipinski definition) is 6. The van der Waals surface area contributed by atoms with Crippen molar-refractivity contribution in [3.8, 4) is 5.75 Å². The first-order chi connectivity index (χ1) is 14.0. The molecule has 0 saturated carbocycles. The molecule has 0 amide bonds. The van der Waals surface area contributed by atoms with E-state index in [-0.39, 0.29) is 18.1 Å². The fraction of sp³-hybridized carbons (Fsp3) is 0.333. The van der Waals surface area contributed by atoms with E-state index in [4.69, 9.17) is 26.2 Å². The molecule has 1 N–H and O–H groups in total. The molecule has 162 valence electrons. The molecule has 2 atom stereocenters. The van der Waals surface area contributed by atoms with Crippen LogP contribution in [-0.4, -0.2) is 53.6 Å². The molecule has 8 nitrogen and oxygen atoms in total. The Balaban J connectivity index is 2.61. The van der Waals surface area contributed by atoms with Gasteiger partial charge in [0, 0.05) is 12.0 Å². The fourth-order valence-corrected chi connectivity index (χ4v) is 3.00. The molecule has 12 heteroatoms. The summed E-state index contributed by atoms with van der Waals surface area (Å²) < 4.78 is 49.5. The number of halogens is 4. The first-order valence-electron chi connectivity index (χ1n) is 8.31. The molecular formula is C18H16ClF3N2O6. The highest BCUT2D eigenvalue weighted by Gasteiger charge is 2.51. The third-order valence-corrected chi connectivity index (χ3v) is 4.39. The number of alkyl halides is 3. The fourth-order valence-electron chi connectivity index (χ4n) is 2.78. The van der Waals surface area contributed by atoms with Crippen LogP contribution in [0.3, 0.4) is 0 Å². The summed E-state index contributed by atoms with van der Waals surface area (Å²) in [6.07, 6.45) is 0.577. The van der Waals surface area contributed by atoms with E-state index in [9.17, 15) is 28.1 Å². The zero-order valence-electron chi connectivity index (χ0n) is 15.4. The van der Waals surface area contributed by atoms with Crippen LogP contribution in [0, 0.1) is 10.1 Å². The molecule has 1 aromatic carbocycles. The van der Waals surface area contributed by atoms with Gasteiger partial charge in [0.05, 0.1) is 22.9 Å². The first kappa shape index (κ1) is 23.4. The predicted octanol–water partition coefficient (Wildman–Crippen LogP) is 3.42. The Morgan fingerprint density at radius 1 is 1.40 bits per heavy atom. The first-order valence-corrected chi connectivity index (χ1v) is 8.69. The second-order valence-corrected chi connectivity index (χ2v) is 6.51. The second kappa shape index (κ2) is 9.26. The van der Waals surface area contributed by atoms with E-state index in [0.29, 0.717) is 12.1 Å². The summed E-state index contributed by atoms with van der Waals surface area (Å²) in [4.78, 5) is 25.9. The molecule has 0 heterocycles. The maximum Gasteiger partial charge on any atom is 0.416 e. The van der Waals surface area contributed by atoms with Gasteiger partial charge in [-0.3, -0.25) is 19.9 Å². The van der Waals surface area contributed by atoms with Gasteiger partial charge in [0.1, 0.15) is 12.3 Å². The number of nitro groups is 1. The SMILES string of the molecule is COCC(=NCC(=O)O)C1(Oc2ccc(C(F)(F)F)cc2Cl)C=CC=CC1[N+](=O)[O-]. The predicted molar refractivity (Wildman–Crippen MR) is 101 cm³/mol. The van der Waals surface area contributed by atoms with E-state index in [1.165, 1.54) is 31.4 Å². The van der Waals surface area contributed by atoms with Crippen LogP contribution in [0.25, 0.3) is 0 Å². The van der Waals surface area contributed by atoms with Crippen molar-refractivity contribution >= 4 is 23.3 Å². The van der Waals surface area contributed by atoms with Crippen LogP contribution in [0.4, 0.5) is 13.2 Å². The Kier molecular flexibility index (Phi) is 7.21. The summed E-state index contributed by atoms with van der Waals surface area (Å²) in [5, 5.41) is 20.2. The van der Waals surface area contributed by atoms with Gasteiger partial charge in [-0.1, -0.05) is 23.8 Å². The van der Waals surface area contributed by atoms with Crippen molar-refractivity contribution in [2.24, 2.45) is 4.99 Å². The molecule has 2 unspecified atom stereocenters. The van der Waals surface area contributed by atoms with Crippen molar-refractivity contribution in [3.63, 3.8) is 0 Å². The lowest BCUT2D eigenvalue weighted by atomic mass is 9.85. The third-order valence-electron chi connectivity index (χ3n) is 4.09. The minimum absolute atomic E-state index is 0.148. The molecule has 30 heavy (non-hydrogen) atoms. The Morgan fingerprint density at radius 3 is 2.63 bits per heavy atom. The minimum Gasteiger partial charge on any atom is -0.480 e. The van der Waals surface area contributed by atoms with Crippen LogP contribution in [0.15, 0.2) is 47.5 Å². The Labute approximate surface area is 173 Å². The molecular weight excluding hydrogens is 433 g/mol. The molecule has 0 bridgehead atoms. The van der Waals surface area contributed by atoms with Gasteiger partial charge in [0.15, 0.2) is 0 Å². The van der Waals surface area contributed by atoms with Gasteiger partial charge in [-0.25, -0.2) is 0 Å². The lowest BCUT2D eigenvalue weighted by Crippen LogP contribution is -2.57. The van der Waals surface area contributed by atoms with Gasteiger partial charge >= 0.3 is 12.1 Å². The monoisotopic (exact) mass is 448 g/mol. The van der Waals surface area contributed by atoms with Crippen molar-refractivity contribution in [3.05, 3.63) is 63.2 Å². The molecule has 0 spiro atoms. The Bertz CT molecular complexity index is 916. The summed E-state index contributed by atoms with van der Waals surface area (Å²) in [6, 6.07) is 0.683. The summed E-state index contributed by atoms with van der Waals surface area (Å²) in [5.74, 6) is -1.59. The van der Waals surface area contributed by atoms with E-state index in [1.807, 2.05) is 0 Å². The van der Waals surface area contributed by atoms with Crippen LogP contribution in [0.1, 0.15) is 5.56 Å². The van der Waals surface area contributed by atoms with Crippen molar-refractivity contribution in [2.45, 2.75) is 17.8 Å². The number of rotatable bonds is 8. The van der Waals surface area contributed by atoms with Crippen LogP contribution < -0.4 is 4.74 Å². The maximum absolute atomic E-state index is 12.9. The topological polar surface area (TPSA) is 111 Å². The lowest BCUT2D eigenvalue weighted by molar-refractivity contribution is -0.522. The van der Waals surface area contributed by atoms with E-state index in [1.54, 1.807) is 0 Å². The van der Waals surface area contributed by atoms with Crippen molar-refractivity contribution in [1.82, 2.24) is 0 Å². The highest BCUT2D eigenvalue weighted by atomic mass is 35.5. The number of allylic oxidation sites excluding steroid dienone is 2. The summed E-state index contributed by atoms with van der Waals surface area (Å²) >= 11 is 5.95. The number of hydrogen-bond donors (Lipinski definition) is 1. The van der Waals surface area contributed by atoms with E-state index in [0.717, 1.165) is 6.07 Å². The molecule has 0 saturated heterocycles. The summed E-state index contributed by atoms with van der Waals surface area (Å²) in [7, 11) is 1.26. The standard InChI is InChI=1S/C18H16ClF3N2O6/c1-29-10-14(23-9-16(25)26)17(7-3-2-4-15(17)24(27)28)30-13-6-5-11(8-12(13)19)18(20,21)22/h2-8,15H,9-10H2,1H3,(H,25,26). The van der Waals surface area contributed by atoms with Gasteiger partial charge in [-0.2, -0.15) is 13.2 Å². The van der Waals surface area contributed by atoms with Gasteiger partial charge in [0.2, 0.25) is 5.60 Å². The van der Waals surface area contributed by atoms with Gasteiger partial charge in [0.25, 0.3) is 6.04 Å². The highest BCUT2D eigenvalue weighted by molar-refractivity contribution is 6.32. The molecule has 1 aromatic rings. The smallest absolute Gasteiger partial charge is 0.416 e. The number of carboxylic acid groups (broad SMARTS) is 1. The van der Waals surface area contributed by atoms with E-state index in [2.05, 4.69) is 4.99 Å². The van der Waals surface area contributed by atoms with Crippen LogP contribution in [0.2, 0.25) is 5.02 Å². The van der Waals surface area contributed by atoms with Crippen molar-refractivity contribution in [1.29, 1.82) is 0 Å². The second-order valence-electron chi connectivity index (χ2n) is 6.10. The van der Waals surface area contributed by atoms with Crippen molar-refractivity contribution < 1.29 is 37.5 Å². The number of methoxy groups -OCH3 is 1. The number of aliphatic carboxylic acids is 1. The van der Waals surface area contributed by atoms with E-state index >= 15 is 0 Å². The number of benzene rings is 1. The quantitative estimate of drug-likeness (QED) is 0.370. The third kappa shape index (κ3) is 5.16. The number of aliphatic imine (C=N–C) groups is 1. The molecule has 2 rings (SSSR count). The normalized spacial score (nSPS) is 21.5.